The summed E-state index contributed by atoms with van der Waals surface area (Å²) in [7, 11) is 1.57. The number of hydrogen-bond acceptors (Lipinski definition) is 4. The van der Waals surface area contributed by atoms with Gasteiger partial charge in [-0.2, -0.15) is 0 Å². The van der Waals surface area contributed by atoms with E-state index in [1.165, 1.54) is 22.3 Å². The number of aliphatic hydroxyl groups is 1. The normalized spacial score (nSPS) is 24.5. The molecule has 2 aliphatic rings. The minimum atomic E-state index is 0.0559. The van der Waals surface area contributed by atoms with E-state index < -0.39 is 0 Å². The van der Waals surface area contributed by atoms with Crippen LogP contribution in [0.15, 0.2) is 48.5 Å². The Morgan fingerprint density at radius 3 is 2.57 bits per heavy atom. The Hall–Kier alpha value is -2.21. The second-order valence-electron chi connectivity index (χ2n) is 8.55. The number of ether oxygens (including phenoxy) is 1. The number of amides is 1. The molecule has 160 valence electrons. The summed E-state index contributed by atoms with van der Waals surface area (Å²) in [5, 5.41) is 10.1. The van der Waals surface area contributed by atoms with E-state index >= 15 is 0 Å². The van der Waals surface area contributed by atoms with E-state index in [-0.39, 0.29) is 37.1 Å². The zero-order chi connectivity index (χ0) is 21.1. The molecular formula is C25H32N2O3. The van der Waals surface area contributed by atoms with Crippen LogP contribution in [0, 0.1) is 6.92 Å². The summed E-state index contributed by atoms with van der Waals surface area (Å²) in [6.45, 7) is 4.86. The quantitative estimate of drug-likeness (QED) is 0.826. The zero-order valence-corrected chi connectivity index (χ0v) is 18.0. The van der Waals surface area contributed by atoms with Crippen LogP contribution in [0.2, 0.25) is 0 Å². The standard InChI is InChI=1S/C25H32N2O3/c1-18-6-5-7-21(14-18)19-8-10-20(11-9-19)25-22-15-26(24(29)17-30-2)12-3-4-13-27(22)23(25)16-28/h5-11,14,22-23,25,28H,3-4,12-13,15-17H2,1-2H3/t22-,23+,25-/m1/s1. The van der Waals surface area contributed by atoms with E-state index in [0.29, 0.717) is 6.54 Å². The summed E-state index contributed by atoms with van der Waals surface area (Å²) >= 11 is 0. The van der Waals surface area contributed by atoms with Crippen molar-refractivity contribution in [1.29, 1.82) is 0 Å². The predicted octanol–water partition coefficient (Wildman–Crippen LogP) is 3.06. The van der Waals surface area contributed by atoms with Gasteiger partial charge in [-0.3, -0.25) is 9.69 Å². The molecule has 2 heterocycles. The van der Waals surface area contributed by atoms with Crippen LogP contribution in [-0.2, 0) is 9.53 Å². The summed E-state index contributed by atoms with van der Waals surface area (Å²) in [6.07, 6.45) is 2.04. The lowest BCUT2D eigenvalue weighted by molar-refractivity contribution is -0.140. The van der Waals surface area contributed by atoms with Gasteiger partial charge < -0.3 is 14.7 Å². The molecule has 0 bridgehead atoms. The Morgan fingerprint density at radius 2 is 1.87 bits per heavy atom. The number of rotatable bonds is 5. The third-order valence-corrected chi connectivity index (χ3v) is 6.64. The van der Waals surface area contributed by atoms with E-state index in [9.17, 15) is 9.90 Å². The molecule has 2 fully saturated rings. The number of nitrogens with zero attached hydrogens (tertiary/aromatic N) is 2. The lowest BCUT2D eigenvalue weighted by Gasteiger charge is -2.57. The van der Waals surface area contributed by atoms with E-state index in [0.717, 1.165) is 25.9 Å². The van der Waals surface area contributed by atoms with Crippen molar-refractivity contribution in [2.45, 2.75) is 37.8 Å². The maximum absolute atomic E-state index is 12.5. The molecule has 0 spiro atoms. The Kier molecular flexibility index (Phi) is 6.52. The van der Waals surface area contributed by atoms with Gasteiger partial charge in [0.15, 0.2) is 0 Å². The van der Waals surface area contributed by atoms with E-state index in [1.54, 1.807) is 7.11 Å². The number of aryl methyl sites for hydroxylation is 1. The Bertz CT molecular complexity index is 867. The molecule has 0 unspecified atom stereocenters. The SMILES string of the molecule is COCC(=O)N1CCCCN2[C@H](C1)[C@@H](c1ccc(-c3cccc(C)c3)cc1)[C@@H]2CO. The minimum absolute atomic E-state index is 0.0559. The molecule has 0 aliphatic carbocycles. The van der Waals surface area contributed by atoms with E-state index in [2.05, 4.69) is 60.4 Å². The van der Waals surface area contributed by atoms with Crippen LogP contribution in [0.1, 0.15) is 29.9 Å². The van der Waals surface area contributed by atoms with Crippen LogP contribution in [0.5, 0.6) is 0 Å². The van der Waals surface area contributed by atoms with Crippen LogP contribution in [0.25, 0.3) is 11.1 Å². The third-order valence-electron chi connectivity index (χ3n) is 6.64. The largest absolute Gasteiger partial charge is 0.395 e. The Labute approximate surface area is 179 Å². The van der Waals surface area contributed by atoms with Gasteiger partial charge in [0.1, 0.15) is 6.61 Å². The molecule has 1 N–H and O–H groups in total. The fourth-order valence-corrected chi connectivity index (χ4v) is 5.10. The molecule has 0 radical (unpaired) electrons. The molecule has 0 saturated carbocycles. The summed E-state index contributed by atoms with van der Waals surface area (Å²) in [4.78, 5) is 16.8. The van der Waals surface area contributed by atoms with Crippen LogP contribution >= 0.6 is 0 Å². The van der Waals surface area contributed by atoms with E-state index in [4.69, 9.17) is 4.74 Å². The molecule has 2 aliphatic heterocycles. The summed E-state index contributed by atoms with van der Waals surface area (Å²) < 4.78 is 5.08. The summed E-state index contributed by atoms with van der Waals surface area (Å²) in [5.74, 6) is 0.290. The van der Waals surface area contributed by atoms with Crippen molar-refractivity contribution in [1.82, 2.24) is 9.80 Å². The highest BCUT2D eigenvalue weighted by atomic mass is 16.5. The van der Waals surface area contributed by atoms with Gasteiger partial charge in [-0.25, -0.2) is 0 Å². The zero-order valence-electron chi connectivity index (χ0n) is 18.0. The number of benzene rings is 2. The second-order valence-corrected chi connectivity index (χ2v) is 8.55. The van der Waals surface area contributed by atoms with Crippen LogP contribution in [0.3, 0.4) is 0 Å². The Balaban J connectivity index is 1.56. The first-order valence-electron chi connectivity index (χ1n) is 10.9. The van der Waals surface area contributed by atoms with Crippen molar-refractivity contribution in [3.63, 3.8) is 0 Å². The number of aliphatic hydroxyl groups excluding tert-OH is 1. The summed E-state index contributed by atoms with van der Waals surface area (Å²) in [5.41, 5.74) is 4.92. The molecule has 2 aromatic rings. The summed E-state index contributed by atoms with van der Waals surface area (Å²) in [6, 6.07) is 17.6. The van der Waals surface area contributed by atoms with Crippen molar-refractivity contribution >= 4 is 5.91 Å². The van der Waals surface area contributed by atoms with Crippen molar-refractivity contribution in [3.8, 4) is 11.1 Å². The molecule has 3 atom stereocenters. The second kappa shape index (κ2) is 9.29. The maximum Gasteiger partial charge on any atom is 0.248 e. The smallest absolute Gasteiger partial charge is 0.248 e. The van der Waals surface area contributed by atoms with Gasteiger partial charge in [0.25, 0.3) is 0 Å². The van der Waals surface area contributed by atoms with Gasteiger partial charge in [0.2, 0.25) is 5.91 Å². The highest BCUT2D eigenvalue weighted by Crippen LogP contribution is 2.42. The monoisotopic (exact) mass is 408 g/mol. The molecular weight excluding hydrogens is 376 g/mol. The number of carbonyl (C=O) groups is 1. The topological polar surface area (TPSA) is 53.0 Å². The van der Waals surface area contributed by atoms with Crippen molar-refractivity contribution < 1.29 is 14.6 Å². The third kappa shape index (κ3) is 4.15. The maximum atomic E-state index is 12.5. The molecule has 2 aromatic carbocycles. The molecule has 4 rings (SSSR count). The lowest BCUT2D eigenvalue weighted by Crippen LogP contribution is -2.68. The first-order chi connectivity index (χ1) is 14.6. The fraction of sp³-hybridized carbons (Fsp3) is 0.480. The van der Waals surface area contributed by atoms with Crippen molar-refractivity contribution in [2.75, 3.05) is 40.0 Å². The lowest BCUT2D eigenvalue weighted by atomic mass is 9.74. The first kappa shape index (κ1) is 21.0. The average Bonchev–Trinajstić information content (AvgIpc) is 2.73. The number of methoxy groups -OCH3 is 1. The fourth-order valence-electron chi connectivity index (χ4n) is 5.10. The number of fused-ring (bicyclic) bond motifs is 1. The average molecular weight is 409 g/mol. The van der Waals surface area contributed by atoms with Gasteiger partial charge in [0.05, 0.1) is 6.61 Å². The highest BCUT2D eigenvalue weighted by Gasteiger charge is 2.49. The molecule has 30 heavy (non-hydrogen) atoms. The highest BCUT2D eigenvalue weighted by molar-refractivity contribution is 5.77. The van der Waals surface area contributed by atoms with Crippen LogP contribution in [0.4, 0.5) is 0 Å². The van der Waals surface area contributed by atoms with E-state index in [1.807, 2.05) is 4.90 Å². The van der Waals surface area contributed by atoms with Crippen molar-refractivity contribution in [3.05, 3.63) is 59.7 Å². The van der Waals surface area contributed by atoms with Crippen LogP contribution < -0.4 is 0 Å². The van der Waals surface area contributed by atoms with Crippen LogP contribution in [-0.4, -0.2) is 72.9 Å². The number of carbonyl (C=O) groups excluding carboxylic acids is 1. The molecule has 2 saturated heterocycles. The molecule has 5 nitrogen and oxygen atoms in total. The Morgan fingerprint density at radius 1 is 1.10 bits per heavy atom. The van der Waals surface area contributed by atoms with Gasteiger partial charge >= 0.3 is 0 Å². The molecule has 1 amide bonds. The predicted molar refractivity (Wildman–Crippen MR) is 118 cm³/mol. The van der Waals surface area contributed by atoms with Gasteiger partial charge in [-0.1, -0.05) is 54.1 Å². The van der Waals surface area contributed by atoms with Crippen molar-refractivity contribution in [2.24, 2.45) is 0 Å². The number of hydrogen-bond donors (Lipinski definition) is 1. The minimum Gasteiger partial charge on any atom is -0.395 e. The first-order valence-corrected chi connectivity index (χ1v) is 10.9. The van der Waals surface area contributed by atoms with Gasteiger partial charge in [-0.05, 0) is 43.0 Å². The van der Waals surface area contributed by atoms with Gasteiger partial charge in [0, 0.05) is 38.2 Å². The van der Waals surface area contributed by atoms with Gasteiger partial charge in [-0.15, -0.1) is 0 Å². The molecule has 5 heteroatoms. The molecule has 0 aromatic heterocycles.